The minimum absolute atomic E-state index is 0.00984. The monoisotopic (exact) mass is 363 g/mol. The summed E-state index contributed by atoms with van der Waals surface area (Å²) in [6, 6.07) is 12.2. The van der Waals surface area contributed by atoms with Gasteiger partial charge in [-0.3, -0.25) is 14.6 Å². The molecule has 1 aliphatic heterocycles. The van der Waals surface area contributed by atoms with Gasteiger partial charge >= 0.3 is 0 Å². The van der Waals surface area contributed by atoms with Gasteiger partial charge in [-0.2, -0.15) is 10.2 Å². The number of amides is 1. The van der Waals surface area contributed by atoms with E-state index in [-0.39, 0.29) is 5.91 Å². The largest absolute Gasteiger partial charge is 0.337 e. The van der Waals surface area contributed by atoms with Crippen LogP contribution < -0.4 is 0 Å². The summed E-state index contributed by atoms with van der Waals surface area (Å²) in [5.41, 5.74) is 6.18. The Kier molecular flexibility index (Phi) is 4.79. The molecule has 140 valence electrons. The second-order valence-corrected chi connectivity index (χ2v) is 7.08. The summed E-state index contributed by atoms with van der Waals surface area (Å²) in [6.45, 7) is 3.50. The van der Waals surface area contributed by atoms with Crippen molar-refractivity contribution in [1.29, 1.82) is 0 Å². The van der Waals surface area contributed by atoms with Crippen LogP contribution in [0.4, 0.5) is 0 Å². The van der Waals surface area contributed by atoms with E-state index in [1.165, 1.54) is 11.3 Å². The topological polar surface area (TPSA) is 66.8 Å². The average molecular weight is 363 g/mol. The molecule has 6 nitrogen and oxygen atoms in total. The van der Waals surface area contributed by atoms with Gasteiger partial charge in [0.25, 0.3) is 5.91 Å². The molecule has 4 rings (SSSR count). The number of nitrogens with zero attached hydrogens (tertiary/aromatic N) is 4. The number of benzene rings is 1. The Hall–Kier alpha value is -2.89. The molecule has 27 heavy (non-hydrogen) atoms. The normalized spacial score (nSPS) is 14.1. The van der Waals surface area contributed by atoms with Gasteiger partial charge < -0.3 is 4.90 Å². The molecule has 0 fully saturated rings. The molecule has 0 saturated heterocycles. The number of rotatable bonds is 4. The Morgan fingerprint density at radius 1 is 1.19 bits per heavy atom. The standard InChI is InChI=1S/C21H25N5O/c1-3-7-16-14-18(23-22-16)21(27)26-12-10-17-19(11-13-26)25(2)24-20(17)15-8-5-4-6-9-15/h4-6,8-9,14H,3,7,10-13H2,1-2H3,(H,22,23). The zero-order valence-electron chi connectivity index (χ0n) is 15.9. The van der Waals surface area contributed by atoms with Crippen LogP contribution in [0.3, 0.4) is 0 Å². The Morgan fingerprint density at radius 3 is 2.74 bits per heavy atom. The van der Waals surface area contributed by atoms with Crippen LogP contribution in [0.2, 0.25) is 0 Å². The van der Waals surface area contributed by atoms with E-state index in [9.17, 15) is 4.79 Å². The zero-order chi connectivity index (χ0) is 18.8. The first kappa shape index (κ1) is 17.5. The van der Waals surface area contributed by atoms with E-state index in [0.29, 0.717) is 18.8 Å². The van der Waals surface area contributed by atoms with Gasteiger partial charge in [0.15, 0.2) is 0 Å². The molecule has 1 N–H and O–H groups in total. The van der Waals surface area contributed by atoms with Gasteiger partial charge in [0.1, 0.15) is 5.69 Å². The first-order valence-electron chi connectivity index (χ1n) is 9.61. The van der Waals surface area contributed by atoms with Crippen molar-refractivity contribution >= 4 is 5.91 Å². The van der Waals surface area contributed by atoms with E-state index in [4.69, 9.17) is 5.10 Å². The van der Waals surface area contributed by atoms with E-state index >= 15 is 0 Å². The van der Waals surface area contributed by atoms with Crippen molar-refractivity contribution in [2.45, 2.75) is 32.6 Å². The van der Waals surface area contributed by atoms with Crippen LogP contribution in [0.25, 0.3) is 11.3 Å². The highest BCUT2D eigenvalue weighted by Crippen LogP contribution is 2.28. The molecule has 0 spiro atoms. The molecule has 0 unspecified atom stereocenters. The zero-order valence-corrected chi connectivity index (χ0v) is 15.9. The molecule has 6 heteroatoms. The quantitative estimate of drug-likeness (QED) is 0.775. The summed E-state index contributed by atoms with van der Waals surface area (Å²) in [5, 5.41) is 12.0. The molecule has 3 aromatic rings. The third-order valence-corrected chi connectivity index (χ3v) is 5.23. The smallest absolute Gasteiger partial charge is 0.274 e. The molecule has 1 aromatic carbocycles. The highest BCUT2D eigenvalue weighted by atomic mass is 16.2. The van der Waals surface area contributed by atoms with Gasteiger partial charge in [-0.1, -0.05) is 43.7 Å². The lowest BCUT2D eigenvalue weighted by molar-refractivity contribution is 0.0756. The van der Waals surface area contributed by atoms with Crippen LogP contribution >= 0.6 is 0 Å². The highest BCUT2D eigenvalue weighted by Gasteiger charge is 2.26. The maximum atomic E-state index is 12.9. The Balaban J connectivity index is 1.55. The van der Waals surface area contributed by atoms with E-state index in [2.05, 4.69) is 29.3 Å². The van der Waals surface area contributed by atoms with Crippen molar-refractivity contribution < 1.29 is 4.79 Å². The molecule has 1 aliphatic rings. The van der Waals surface area contributed by atoms with Gasteiger partial charge in [-0.25, -0.2) is 0 Å². The van der Waals surface area contributed by atoms with E-state index < -0.39 is 0 Å². The number of aryl methyl sites for hydroxylation is 2. The maximum absolute atomic E-state index is 12.9. The summed E-state index contributed by atoms with van der Waals surface area (Å²) in [5.74, 6) is 0.00984. The van der Waals surface area contributed by atoms with Crippen molar-refractivity contribution in [3.05, 3.63) is 59.0 Å². The van der Waals surface area contributed by atoms with E-state index in [1.54, 1.807) is 0 Å². The first-order chi connectivity index (χ1) is 13.2. The Morgan fingerprint density at radius 2 is 1.96 bits per heavy atom. The van der Waals surface area contributed by atoms with Gasteiger partial charge in [0, 0.05) is 49.1 Å². The number of aromatic nitrogens is 4. The van der Waals surface area contributed by atoms with E-state index in [1.807, 2.05) is 40.9 Å². The second-order valence-electron chi connectivity index (χ2n) is 7.08. The van der Waals surface area contributed by atoms with Crippen molar-refractivity contribution in [2.24, 2.45) is 7.05 Å². The number of aromatic amines is 1. The number of hydrogen-bond donors (Lipinski definition) is 1. The summed E-state index contributed by atoms with van der Waals surface area (Å²) >= 11 is 0. The van der Waals surface area contributed by atoms with E-state index in [0.717, 1.165) is 42.6 Å². The number of carbonyl (C=O) groups is 1. The lowest BCUT2D eigenvalue weighted by atomic mass is 10.0. The van der Waals surface area contributed by atoms with Crippen LogP contribution in [-0.4, -0.2) is 43.9 Å². The molecule has 2 aromatic heterocycles. The van der Waals surface area contributed by atoms with Crippen LogP contribution in [0, 0.1) is 0 Å². The molecule has 0 aliphatic carbocycles. The molecule has 0 atom stereocenters. The van der Waals surface area contributed by atoms with Gasteiger partial charge in [-0.15, -0.1) is 0 Å². The van der Waals surface area contributed by atoms with Crippen molar-refractivity contribution in [3.8, 4) is 11.3 Å². The summed E-state index contributed by atoms with van der Waals surface area (Å²) in [7, 11) is 1.99. The Labute approximate surface area is 159 Å². The third-order valence-electron chi connectivity index (χ3n) is 5.23. The SMILES string of the molecule is CCCc1cc(C(=O)N2CCc3c(-c4ccccc4)nn(C)c3CC2)n[nH]1. The summed E-state index contributed by atoms with van der Waals surface area (Å²) in [6.07, 6.45) is 3.57. The number of hydrogen-bond acceptors (Lipinski definition) is 3. The summed E-state index contributed by atoms with van der Waals surface area (Å²) < 4.78 is 1.97. The number of carbonyl (C=O) groups excluding carboxylic acids is 1. The summed E-state index contributed by atoms with van der Waals surface area (Å²) in [4.78, 5) is 14.8. The lowest BCUT2D eigenvalue weighted by Gasteiger charge is -2.19. The predicted octanol–water partition coefficient (Wildman–Crippen LogP) is 3.00. The fourth-order valence-electron chi connectivity index (χ4n) is 3.84. The second kappa shape index (κ2) is 7.39. The van der Waals surface area contributed by atoms with Crippen LogP contribution in [0.5, 0.6) is 0 Å². The molecule has 3 heterocycles. The number of fused-ring (bicyclic) bond motifs is 1. The first-order valence-corrected chi connectivity index (χ1v) is 9.61. The molecule has 0 saturated carbocycles. The van der Waals surface area contributed by atoms with Crippen LogP contribution in [-0.2, 0) is 26.3 Å². The van der Waals surface area contributed by atoms with Crippen molar-refractivity contribution in [2.75, 3.05) is 13.1 Å². The molecular weight excluding hydrogens is 338 g/mol. The van der Waals surface area contributed by atoms with Crippen molar-refractivity contribution in [3.63, 3.8) is 0 Å². The molecule has 1 amide bonds. The van der Waals surface area contributed by atoms with Gasteiger partial charge in [-0.05, 0) is 18.9 Å². The molecule has 0 radical (unpaired) electrons. The molecular formula is C21H25N5O. The minimum atomic E-state index is 0.00984. The predicted molar refractivity (Wildman–Crippen MR) is 105 cm³/mol. The third kappa shape index (κ3) is 3.39. The lowest BCUT2D eigenvalue weighted by Crippen LogP contribution is -2.33. The number of H-pyrrole nitrogens is 1. The maximum Gasteiger partial charge on any atom is 0.274 e. The Bertz CT molecular complexity index is 941. The number of nitrogens with one attached hydrogen (secondary N) is 1. The van der Waals surface area contributed by atoms with Crippen molar-refractivity contribution in [1.82, 2.24) is 24.9 Å². The van der Waals surface area contributed by atoms with Crippen LogP contribution in [0.15, 0.2) is 36.4 Å². The average Bonchev–Trinajstić information content (AvgIpc) is 3.20. The van der Waals surface area contributed by atoms with Gasteiger partial charge in [0.2, 0.25) is 0 Å². The van der Waals surface area contributed by atoms with Gasteiger partial charge in [0.05, 0.1) is 5.69 Å². The fraction of sp³-hybridized carbons (Fsp3) is 0.381. The minimum Gasteiger partial charge on any atom is -0.337 e. The van der Waals surface area contributed by atoms with Crippen LogP contribution in [0.1, 0.15) is 40.8 Å². The fourth-order valence-corrected chi connectivity index (χ4v) is 3.84. The highest BCUT2D eigenvalue weighted by molar-refractivity contribution is 5.92. The molecule has 0 bridgehead atoms.